The van der Waals surface area contributed by atoms with Crippen LogP contribution in [0.25, 0.3) is 224 Å². The van der Waals surface area contributed by atoms with Crippen molar-refractivity contribution in [1.82, 2.24) is 44.9 Å². The fourth-order valence-electron chi connectivity index (χ4n) is 19.9. The van der Waals surface area contributed by atoms with Gasteiger partial charge in [0.25, 0.3) is 0 Å². The molecule has 6 aromatic heterocycles. The molecule has 626 valence electrons. The summed E-state index contributed by atoms with van der Waals surface area (Å²) < 4.78 is 19.0. The first-order chi connectivity index (χ1) is 64.6. The molecular weight excluding hydrogens is 1620 g/mol. The molecule has 6 heterocycles. The van der Waals surface area contributed by atoms with Gasteiger partial charge in [0.1, 0.15) is 33.5 Å². The summed E-state index contributed by atoms with van der Waals surface area (Å²) in [5, 5.41) is 6.77. The van der Waals surface area contributed by atoms with Gasteiger partial charge in [-0.2, -0.15) is 0 Å². The smallest absolute Gasteiger partial charge is 0.164 e. The van der Waals surface area contributed by atoms with E-state index in [1.807, 2.05) is 218 Å². The molecule has 0 saturated heterocycles. The Balaban J connectivity index is 0.000000110. The van der Waals surface area contributed by atoms with Gasteiger partial charge in [-0.3, -0.25) is 0 Å². The van der Waals surface area contributed by atoms with Gasteiger partial charge in [-0.05, 0) is 162 Å². The van der Waals surface area contributed by atoms with Crippen molar-refractivity contribution in [2.24, 2.45) is 0 Å². The van der Waals surface area contributed by atoms with Crippen LogP contribution in [-0.4, -0.2) is 44.9 Å². The van der Waals surface area contributed by atoms with E-state index < -0.39 is 0 Å². The average Bonchev–Trinajstić information content (AvgIpc) is 1.56. The number of furan rings is 3. The van der Waals surface area contributed by atoms with E-state index in [2.05, 4.69) is 217 Å². The quantitative estimate of drug-likeness (QED) is 0.121. The zero-order valence-corrected chi connectivity index (χ0v) is 73.3. The van der Waals surface area contributed by atoms with Gasteiger partial charge in [0.05, 0.1) is 0 Å². The molecule has 23 aromatic rings. The van der Waals surface area contributed by atoms with Crippen molar-refractivity contribution in [2.45, 2.75) is 57.8 Å². The molecule has 0 bridgehead atoms. The van der Waals surface area contributed by atoms with E-state index in [9.17, 15) is 0 Å². The third kappa shape index (κ3) is 13.5. The number of para-hydroxylation sites is 2. The minimum absolute atomic E-state index is 0.104. The van der Waals surface area contributed by atoms with E-state index in [1.54, 1.807) is 0 Å². The van der Waals surface area contributed by atoms with Crippen molar-refractivity contribution in [2.75, 3.05) is 0 Å². The molecule has 132 heavy (non-hydrogen) atoms. The summed E-state index contributed by atoms with van der Waals surface area (Å²) in [7, 11) is 0. The first kappa shape index (κ1) is 78.6. The Hall–Kier alpha value is -16.8. The maximum absolute atomic E-state index is 6.48. The van der Waals surface area contributed by atoms with Crippen LogP contribution >= 0.6 is 0 Å². The van der Waals surface area contributed by atoms with Crippen LogP contribution in [0.4, 0.5) is 0 Å². The van der Waals surface area contributed by atoms with Crippen molar-refractivity contribution < 1.29 is 13.3 Å². The zero-order chi connectivity index (χ0) is 88.5. The normalized spacial score (nSPS) is 13.3. The lowest BCUT2D eigenvalue weighted by molar-refractivity contribution is 0.657. The highest BCUT2D eigenvalue weighted by molar-refractivity contribution is 6.14. The van der Waals surface area contributed by atoms with Gasteiger partial charge in [0.15, 0.2) is 52.4 Å². The van der Waals surface area contributed by atoms with Crippen LogP contribution in [0.2, 0.25) is 0 Å². The second-order valence-electron chi connectivity index (χ2n) is 35.9. The summed E-state index contributed by atoms with van der Waals surface area (Å²) >= 11 is 0. The van der Waals surface area contributed by atoms with Crippen LogP contribution in [-0.2, 0) is 16.2 Å². The fourth-order valence-corrected chi connectivity index (χ4v) is 19.9. The van der Waals surface area contributed by atoms with Crippen LogP contribution in [0.3, 0.4) is 0 Å². The predicted octanol–water partition coefficient (Wildman–Crippen LogP) is 30.6. The Labute approximate surface area is 762 Å². The summed E-state index contributed by atoms with van der Waals surface area (Å²) in [6, 6.07) is 136. The molecule has 3 aliphatic carbocycles. The van der Waals surface area contributed by atoms with Gasteiger partial charge in [-0.25, -0.2) is 44.9 Å². The zero-order valence-electron chi connectivity index (χ0n) is 73.3. The molecule has 0 aliphatic heterocycles. The van der Waals surface area contributed by atoms with Gasteiger partial charge in [-0.1, -0.05) is 363 Å². The highest BCUT2D eigenvalue weighted by Gasteiger charge is 2.40. The molecule has 0 N–H and O–H groups in total. The first-order valence-electron chi connectivity index (χ1n) is 44.8. The SMILES string of the molecule is CC1(C)c2cc(-c3ccc(-c4nc(-c5ccccc5)nc(-c5ccccc5)n4)cc3)ccc2-c2cc3oc4ccccc4c3cc21.CC1(C)c2cc(-c3cccc(-c4nc(-c5ccccc5)nc(-c5ccccc5)n4)c3)ccc2-c2cc3oc4ccccc4c3cc21.CC1(C)c2ccccc2-c2cc3oc4cccc(-c5nc(-c6ccccc6)nc(-c6ccccc6)n5)c4c3cc21. The molecule has 3 aliphatic rings. The monoisotopic (exact) mass is 1700 g/mol. The summed E-state index contributed by atoms with van der Waals surface area (Å²) in [4.78, 5) is 44.3. The molecule has 0 spiro atoms. The van der Waals surface area contributed by atoms with E-state index in [4.69, 9.17) is 58.1 Å². The molecule has 17 aromatic carbocycles. The third-order valence-corrected chi connectivity index (χ3v) is 26.8. The van der Waals surface area contributed by atoms with E-state index in [0.717, 1.165) is 122 Å². The van der Waals surface area contributed by atoms with Crippen LogP contribution in [0.5, 0.6) is 0 Å². The number of fused-ring (bicyclic) bond motifs is 18. The first-order valence-corrected chi connectivity index (χ1v) is 44.8. The summed E-state index contributed by atoms with van der Waals surface area (Å²) in [6.45, 7) is 13.9. The lowest BCUT2D eigenvalue weighted by atomic mass is 9.81. The largest absolute Gasteiger partial charge is 0.456 e. The van der Waals surface area contributed by atoms with E-state index >= 15 is 0 Å². The number of benzene rings is 17. The van der Waals surface area contributed by atoms with Crippen LogP contribution < -0.4 is 0 Å². The van der Waals surface area contributed by atoms with E-state index in [1.165, 1.54) is 83.1 Å². The number of hydrogen-bond donors (Lipinski definition) is 0. The Kier molecular flexibility index (Phi) is 18.6. The van der Waals surface area contributed by atoms with Crippen LogP contribution in [0, 0.1) is 0 Å². The van der Waals surface area contributed by atoms with Crippen molar-refractivity contribution >= 4 is 65.8 Å². The Morgan fingerprint density at radius 2 is 0.417 bits per heavy atom. The second kappa shape index (κ2) is 31.3. The molecule has 0 saturated carbocycles. The highest BCUT2D eigenvalue weighted by Crippen LogP contribution is 2.56. The van der Waals surface area contributed by atoms with Crippen molar-refractivity contribution in [3.63, 3.8) is 0 Å². The lowest BCUT2D eigenvalue weighted by Crippen LogP contribution is -2.15. The summed E-state index contributed by atoms with van der Waals surface area (Å²) in [5.41, 5.74) is 33.8. The minimum Gasteiger partial charge on any atom is -0.456 e. The average molecular weight is 1700 g/mol. The molecule has 0 fully saturated rings. The molecule has 0 unspecified atom stereocenters. The Bertz CT molecular complexity index is 8350. The highest BCUT2D eigenvalue weighted by atomic mass is 16.3. The standard InChI is InChI=1S/2C42H29N3O.C36H25N3O/c1-42(2)35-23-29(20-21-31(35)33-25-38-34(24-36(33)42)32-18-9-10-19-37(32)46-38)28-16-11-17-30(22-28)41-44-39(26-12-5-3-6-13-26)43-40(45-41)27-14-7-4-8-15-27;1-42(2)35-23-30(21-22-31(35)33-25-38-34(24-36(33)42)32-15-9-10-16-37(32)46-38)26-17-19-29(20-18-26)41-44-39(27-11-5-3-6-12-27)43-40(45-41)28-13-7-4-8-14-28;1-36(2)28-18-10-9-16-24(28)26-21-31-27(20-29(26)36)32-25(17-11-19-30(32)40-31)35-38-33(22-12-5-3-6-13-22)37-34(39-35)23-14-7-4-8-15-23/h2*3-25H,1-2H3;3-21H,1-2H3. The molecule has 26 rings (SSSR count). The molecule has 12 heteroatoms. The number of hydrogen-bond acceptors (Lipinski definition) is 12. The third-order valence-electron chi connectivity index (χ3n) is 26.8. The van der Waals surface area contributed by atoms with Crippen molar-refractivity contribution in [3.05, 3.63) is 428 Å². The van der Waals surface area contributed by atoms with Gasteiger partial charge in [0, 0.05) is 98.6 Å². The predicted molar refractivity (Wildman–Crippen MR) is 534 cm³/mol. The number of nitrogens with zero attached hydrogens (tertiary/aromatic N) is 9. The molecule has 0 atom stereocenters. The lowest BCUT2D eigenvalue weighted by Gasteiger charge is -2.22. The van der Waals surface area contributed by atoms with Crippen molar-refractivity contribution in [3.8, 4) is 158 Å². The van der Waals surface area contributed by atoms with Gasteiger partial charge in [0.2, 0.25) is 0 Å². The summed E-state index contributed by atoms with van der Waals surface area (Å²) in [5.74, 6) is 5.86. The summed E-state index contributed by atoms with van der Waals surface area (Å²) in [6.07, 6.45) is 0. The molecule has 0 radical (unpaired) electrons. The Morgan fingerprint density at radius 3 is 0.848 bits per heavy atom. The van der Waals surface area contributed by atoms with E-state index in [0.29, 0.717) is 52.4 Å². The van der Waals surface area contributed by atoms with Gasteiger partial charge in [-0.15, -0.1) is 0 Å². The van der Waals surface area contributed by atoms with Crippen molar-refractivity contribution in [1.29, 1.82) is 0 Å². The number of rotatable bonds is 11. The van der Waals surface area contributed by atoms with E-state index in [-0.39, 0.29) is 16.2 Å². The second-order valence-corrected chi connectivity index (χ2v) is 35.9. The molecule has 12 nitrogen and oxygen atoms in total. The maximum Gasteiger partial charge on any atom is 0.164 e. The van der Waals surface area contributed by atoms with Crippen LogP contribution in [0.1, 0.15) is 74.9 Å². The Morgan fingerprint density at radius 1 is 0.152 bits per heavy atom. The van der Waals surface area contributed by atoms with Crippen LogP contribution in [0.15, 0.2) is 408 Å². The van der Waals surface area contributed by atoms with Gasteiger partial charge >= 0.3 is 0 Å². The maximum atomic E-state index is 6.48. The van der Waals surface area contributed by atoms with Gasteiger partial charge < -0.3 is 13.3 Å². The number of aromatic nitrogens is 9. The fraction of sp³-hybridized carbons (Fsp3) is 0.0750. The topological polar surface area (TPSA) is 155 Å². The molecular formula is C120H83N9O3. The minimum atomic E-state index is -0.159. The molecule has 0 amide bonds.